The Morgan fingerprint density at radius 2 is 1.80 bits per heavy atom. The SMILES string of the molecule is COc1cc(O)cc(C(C)(C)F)c1OC. The molecule has 0 saturated heterocycles. The van der Waals surface area contributed by atoms with E-state index in [-0.39, 0.29) is 11.3 Å². The van der Waals surface area contributed by atoms with Gasteiger partial charge in [0.15, 0.2) is 11.5 Å². The maximum atomic E-state index is 13.8. The maximum Gasteiger partial charge on any atom is 0.167 e. The standard InChI is InChI=1S/C11H15FO3/c1-11(2,12)8-5-7(13)6-9(14-3)10(8)15-4/h5-6,13H,1-4H3. The van der Waals surface area contributed by atoms with Gasteiger partial charge in [-0.3, -0.25) is 0 Å². The minimum Gasteiger partial charge on any atom is -0.508 e. The molecule has 0 unspecified atom stereocenters. The van der Waals surface area contributed by atoms with E-state index in [1.807, 2.05) is 0 Å². The summed E-state index contributed by atoms with van der Waals surface area (Å²) >= 11 is 0. The molecule has 0 aliphatic rings. The summed E-state index contributed by atoms with van der Waals surface area (Å²) in [6, 6.07) is 2.72. The number of hydrogen-bond acceptors (Lipinski definition) is 3. The molecule has 0 saturated carbocycles. The normalized spacial score (nSPS) is 11.3. The van der Waals surface area contributed by atoms with Crippen molar-refractivity contribution in [3.05, 3.63) is 17.7 Å². The molecule has 1 aromatic rings. The number of methoxy groups -OCH3 is 2. The second kappa shape index (κ2) is 3.96. The highest BCUT2D eigenvalue weighted by Gasteiger charge is 2.26. The van der Waals surface area contributed by atoms with Gasteiger partial charge in [0, 0.05) is 11.6 Å². The molecule has 0 spiro atoms. The number of alkyl halides is 1. The van der Waals surface area contributed by atoms with Crippen LogP contribution in [0.2, 0.25) is 0 Å². The van der Waals surface area contributed by atoms with Gasteiger partial charge in [0.25, 0.3) is 0 Å². The molecule has 0 bridgehead atoms. The van der Waals surface area contributed by atoms with Crippen LogP contribution in [0.25, 0.3) is 0 Å². The van der Waals surface area contributed by atoms with Gasteiger partial charge in [0.05, 0.1) is 14.2 Å². The lowest BCUT2D eigenvalue weighted by atomic mass is 9.98. The molecule has 15 heavy (non-hydrogen) atoms. The van der Waals surface area contributed by atoms with Crippen molar-refractivity contribution in [1.29, 1.82) is 0 Å². The summed E-state index contributed by atoms with van der Waals surface area (Å²) in [4.78, 5) is 0. The number of phenolic OH excluding ortho intramolecular Hbond substituents is 1. The van der Waals surface area contributed by atoms with Crippen molar-refractivity contribution in [2.45, 2.75) is 19.5 Å². The zero-order valence-corrected chi connectivity index (χ0v) is 9.30. The molecule has 0 atom stereocenters. The van der Waals surface area contributed by atoms with Crippen LogP contribution in [0.5, 0.6) is 17.2 Å². The molecule has 4 heteroatoms. The molecule has 0 aromatic heterocycles. The largest absolute Gasteiger partial charge is 0.508 e. The van der Waals surface area contributed by atoms with E-state index in [9.17, 15) is 9.50 Å². The van der Waals surface area contributed by atoms with Gasteiger partial charge in [-0.25, -0.2) is 4.39 Å². The lowest BCUT2D eigenvalue weighted by Gasteiger charge is -2.20. The Bertz CT molecular complexity index is 356. The average molecular weight is 214 g/mol. The van der Waals surface area contributed by atoms with Crippen LogP contribution in [0, 0.1) is 0 Å². The first kappa shape index (κ1) is 11.6. The average Bonchev–Trinajstić information content (AvgIpc) is 2.15. The lowest BCUT2D eigenvalue weighted by Crippen LogP contribution is -2.11. The van der Waals surface area contributed by atoms with Crippen LogP contribution in [0.3, 0.4) is 0 Å². The molecule has 1 aromatic carbocycles. The molecule has 3 nitrogen and oxygen atoms in total. The Morgan fingerprint density at radius 1 is 1.20 bits per heavy atom. The Labute approximate surface area is 88.4 Å². The monoisotopic (exact) mass is 214 g/mol. The molecule has 0 heterocycles. The Kier molecular flexibility index (Phi) is 3.07. The number of aromatic hydroxyl groups is 1. The van der Waals surface area contributed by atoms with Gasteiger partial charge in [-0.1, -0.05) is 0 Å². The lowest BCUT2D eigenvalue weighted by molar-refractivity contribution is 0.210. The van der Waals surface area contributed by atoms with Crippen molar-refractivity contribution in [3.63, 3.8) is 0 Å². The van der Waals surface area contributed by atoms with E-state index in [0.717, 1.165) is 0 Å². The number of rotatable bonds is 3. The second-order valence-corrected chi connectivity index (χ2v) is 3.70. The van der Waals surface area contributed by atoms with Gasteiger partial charge >= 0.3 is 0 Å². The fourth-order valence-electron chi connectivity index (χ4n) is 1.39. The highest BCUT2D eigenvalue weighted by Crippen LogP contribution is 2.41. The van der Waals surface area contributed by atoms with Gasteiger partial charge in [-0.15, -0.1) is 0 Å². The zero-order chi connectivity index (χ0) is 11.6. The predicted molar refractivity (Wildman–Crippen MR) is 55.3 cm³/mol. The van der Waals surface area contributed by atoms with Crippen molar-refractivity contribution in [1.82, 2.24) is 0 Å². The molecule has 0 fully saturated rings. The van der Waals surface area contributed by atoms with Crippen LogP contribution in [-0.4, -0.2) is 19.3 Å². The van der Waals surface area contributed by atoms with Crippen LogP contribution < -0.4 is 9.47 Å². The van der Waals surface area contributed by atoms with E-state index in [1.54, 1.807) is 0 Å². The smallest absolute Gasteiger partial charge is 0.167 e. The van der Waals surface area contributed by atoms with Crippen LogP contribution in [0.4, 0.5) is 4.39 Å². The summed E-state index contributed by atoms with van der Waals surface area (Å²) in [6.07, 6.45) is 0. The Morgan fingerprint density at radius 3 is 2.20 bits per heavy atom. The van der Waals surface area contributed by atoms with Crippen LogP contribution in [0.1, 0.15) is 19.4 Å². The first-order valence-electron chi connectivity index (χ1n) is 4.54. The minimum absolute atomic E-state index is 0.0478. The topological polar surface area (TPSA) is 38.7 Å². The molecular formula is C11H15FO3. The van der Waals surface area contributed by atoms with Crippen molar-refractivity contribution >= 4 is 0 Å². The summed E-state index contributed by atoms with van der Waals surface area (Å²) < 4.78 is 23.9. The molecule has 1 rings (SSSR count). The fraction of sp³-hybridized carbons (Fsp3) is 0.455. The Hall–Kier alpha value is -1.45. The van der Waals surface area contributed by atoms with E-state index < -0.39 is 5.67 Å². The summed E-state index contributed by atoms with van der Waals surface area (Å²) in [6.45, 7) is 2.79. The third kappa shape index (κ3) is 2.32. The van der Waals surface area contributed by atoms with Crippen molar-refractivity contribution < 1.29 is 19.0 Å². The van der Waals surface area contributed by atoms with Crippen LogP contribution in [0.15, 0.2) is 12.1 Å². The minimum atomic E-state index is -1.60. The molecule has 0 aliphatic carbocycles. The number of hydrogen-bond donors (Lipinski definition) is 1. The first-order valence-corrected chi connectivity index (χ1v) is 4.54. The molecule has 0 radical (unpaired) electrons. The number of phenols is 1. The maximum absolute atomic E-state index is 13.8. The van der Waals surface area contributed by atoms with E-state index in [0.29, 0.717) is 11.5 Å². The second-order valence-electron chi connectivity index (χ2n) is 3.70. The molecule has 0 aliphatic heterocycles. The third-order valence-corrected chi connectivity index (χ3v) is 2.10. The Balaban J connectivity index is 3.42. The van der Waals surface area contributed by atoms with E-state index >= 15 is 0 Å². The summed E-state index contributed by atoms with van der Waals surface area (Å²) in [5.41, 5.74) is -1.33. The highest BCUT2D eigenvalue weighted by molar-refractivity contribution is 5.53. The van der Waals surface area contributed by atoms with Gasteiger partial charge in [0.1, 0.15) is 11.4 Å². The zero-order valence-electron chi connectivity index (χ0n) is 9.30. The molecule has 1 N–H and O–H groups in total. The summed E-state index contributed by atoms with van der Waals surface area (Å²) in [5.74, 6) is 0.578. The van der Waals surface area contributed by atoms with Crippen molar-refractivity contribution in [2.75, 3.05) is 14.2 Å². The van der Waals surface area contributed by atoms with Gasteiger partial charge in [0.2, 0.25) is 0 Å². The van der Waals surface area contributed by atoms with Gasteiger partial charge < -0.3 is 14.6 Å². The van der Waals surface area contributed by atoms with Crippen LogP contribution >= 0.6 is 0 Å². The number of ether oxygens (including phenoxy) is 2. The summed E-state index contributed by atoms with van der Waals surface area (Å²) in [5, 5.41) is 9.41. The van der Waals surface area contributed by atoms with E-state index in [2.05, 4.69) is 0 Å². The summed E-state index contributed by atoms with van der Waals surface area (Å²) in [7, 11) is 2.87. The van der Waals surface area contributed by atoms with Crippen molar-refractivity contribution in [3.8, 4) is 17.2 Å². The van der Waals surface area contributed by atoms with Gasteiger partial charge in [-0.2, -0.15) is 0 Å². The molecule has 0 amide bonds. The van der Waals surface area contributed by atoms with Crippen molar-refractivity contribution in [2.24, 2.45) is 0 Å². The van der Waals surface area contributed by atoms with Gasteiger partial charge in [-0.05, 0) is 19.9 Å². The fourth-order valence-corrected chi connectivity index (χ4v) is 1.39. The molecule has 84 valence electrons. The van der Waals surface area contributed by atoms with E-state index in [1.165, 1.54) is 40.2 Å². The number of benzene rings is 1. The predicted octanol–water partition coefficient (Wildman–Crippen LogP) is 2.61. The highest BCUT2D eigenvalue weighted by atomic mass is 19.1. The van der Waals surface area contributed by atoms with Crippen LogP contribution in [-0.2, 0) is 5.67 Å². The first-order chi connectivity index (χ1) is 6.90. The quantitative estimate of drug-likeness (QED) is 0.840. The van der Waals surface area contributed by atoms with E-state index in [4.69, 9.17) is 9.47 Å². The number of halogens is 1. The molecular weight excluding hydrogens is 199 g/mol. The third-order valence-electron chi connectivity index (χ3n) is 2.10.